The van der Waals surface area contributed by atoms with Gasteiger partial charge in [0.25, 0.3) is 0 Å². The molecule has 0 fully saturated rings. The third-order valence-electron chi connectivity index (χ3n) is 16.0. The van der Waals surface area contributed by atoms with Crippen LogP contribution in [0.5, 0.6) is 0 Å². The molecule has 3 atom stereocenters. The lowest BCUT2D eigenvalue weighted by molar-refractivity contribution is 0.507. The molecule has 6 aromatic carbocycles. The van der Waals surface area contributed by atoms with Crippen molar-refractivity contribution < 1.29 is 0 Å². The van der Waals surface area contributed by atoms with Crippen LogP contribution in [0.4, 0.5) is 0 Å². The van der Waals surface area contributed by atoms with Crippen LogP contribution in [0.1, 0.15) is 80.2 Å². The average Bonchev–Trinajstić information content (AvgIpc) is 3.90. The predicted molar refractivity (Wildman–Crippen MR) is 273 cm³/mol. The predicted octanol–water partition coefficient (Wildman–Crippen LogP) is 15.6. The first kappa shape index (κ1) is 38.2. The maximum absolute atomic E-state index is 5.19. The molecule has 2 aromatic heterocycles. The Bertz CT molecular complexity index is 3380. The molecule has 5 aliphatic carbocycles. The highest BCUT2D eigenvalue weighted by molar-refractivity contribution is 7.81. The van der Waals surface area contributed by atoms with Gasteiger partial charge in [-0.2, -0.15) is 12.6 Å². The lowest BCUT2D eigenvalue weighted by Crippen LogP contribution is -2.21. The lowest BCUT2D eigenvalue weighted by atomic mass is 9.77. The third kappa shape index (κ3) is 5.40. The summed E-state index contributed by atoms with van der Waals surface area (Å²) < 4.78 is 5.30. The van der Waals surface area contributed by atoms with Gasteiger partial charge < -0.3 is 9.13 Å². The maximum atomic E-state index is 5.19. The molecule has 0 saturated carbocycles. The first-order chi connectivity index (χ1) is 31.2. The average molecular weight is 845 g/mol. The van der Waals surface area contributed by atoms with Crippen molar-refractivity contribution in [2.75, 3.05) is 0 Å². The van der Waals surface area contributed by atoms with Crippen LogP contribution in [0, 0.1) is 11.3 Å². The van der Waals surface area contributed by atoms with E-state index in [-0.39, 0.29) is 22.1 Å². The van der Waals surface area contributed by atoms with Crippen molar-refractivity contribution in [2.24, 2.45) is 11.3 Å². The summed E-state index contributed by atoms with van der Waals surface area (Å²) in [6.45, 7) is 9.73. The number of allylic oxidation sites excluding steroid dienone is 5. The molecule has 0 amide bonds. The summed E-state index contributed by atoms with van der Waals surface area (Å²) >= 11 is 5.19. The van der Waals surface area contributed by atoms with E-state index in [0.717, 1.165) is 25.7 Å². The summed E-state index contributed by atoms with van der Waals surface area (Å²) in [6.07, 6.45) is 16.5. The molecule has 0 bridgehead atoms. The van der Waals surface area contributed by atoms with Crippen LogP contribution >= 0.6 is 12.6 Å². The number of aromatic nitrogens is 2. The minimum Gasteiger partial charge on any atom is -0.333 e. The van der Waals surface area contributed by atoms with Gasteiger partial charge in [-0.3, -0.25) is 0 Å². The summed E-state index contributed by atoms with van der Waals surface area (Å²) in [5.41, 5.74) is 24.6. The van der Waals surface area contributed by atoms with Crippen molar-refractivity contribution in [1.82, 2.24) is 9.13 Å². The SMILES string of the molecule is CC1(C)C2=Cc3c(c4c(n3-c3ccc(-c5ccccc5)cc3)C=CC(n3c5ccc(-c6ccccc6)cc5c5cc6c(cc53)C(C)(C)c3ccccc3-6)C4)CCC2C2=C1C(S)CC=C2. The summed E-state index contributed by atoms with van der Waals surface area (Å²) in [5.74, 6) is 0.411. The lowest BCUT2D eigenvalue weighted by Gasteiger charge is -2.30. The molecule has 3 heteroatoms. The Balaban J connectivity index is 1.00. The van der Waals surface area contributed by atoms with Crippen LogP contribution in [0.15, 0.2) is 174 Å². The molecule has 2 heterocycles. The van der Waals surface area contributed by atoms with E-state index in [4.69, 9.17) is 12.6 Å². The zero-order valence-electron chi connectivity index (χ0n) is 37.1. The van der Waals surface area contributed by atoms with Crippen molar-refractivity contribution in [1.29, 1.82) is 0 Å². The minimum atomic E-state index is -0.0913. The van der Waals surface area contributed by atoms with Gasteiger partial charge in [-0.05, 0) is 141 Å². The van der Waals surface area contributed by atoms with Crippen LogP contribution in [-0.4, -0.2) is 14.4 Å². The first-order valence-electron chi connectivity index (χ1n) is 23.4. The second-order valence-electron chi connectivity index (χ2n) is 20.0. The summed E-state index contributed by atoms with van der Waals surface area (Å²) in [4.78, 5) is 0. The van der Waals surface area contributed by atoms with Gasteiger partial charge in [0.15, 0.2) is 0 Å². The Morgan fingerprint density at radius 3 is 2.06 bits per heavy atom. The van der Waals surface area contributed by atoms with E-state index >= 15 is 0 Å². The second kappa shape index (κ2) is 13.9. The number of fused-ring (bicyclic) bond motifs is 11. The number of hydrogen-bond acceptors (Lipinski definition) is 1. The molecule has 5 aliphatic rings. The molecular formula is C61H52N2S. The van der Waals surface area contributed by atoms with Gasteiger partial charge in [0.05, 0.1) is 11.6 Å². The molecule has 0 N–H and O–H groups in total. The second-order valence-corrected chi connectivity index (χ2v) is 20.6. The molecule has 0 spiro atoms. The quantitative estimate of drug-likeness (QED) is 0.169. The van der Waals surface area contributed by atoms with Crippen LogP contribution in [0.3, 0.4) is 0 Å². The standard InChI is InChI=1S/C61H52N2S/c1-60(2)51-20-12-11-18-43(51)47-34-50-48-32-40(38-16-9-6-10-17-38)24-30-54(48)63(57(50)36-53(47)60)42-27-31-55-49(33-42)45-29-28-44-46-19-13-21-58(64)59(46)61(3,4)52(44)35-56(45)62(55)41-25-22-39(23-26-41)37-14-7-5-8-15-37/h5-20,22-27,30-32,34-36,42,44,58,64H,21,28-29,33H2,1-4H3. The zero-order valence-corrected chi connectivity index (χ0v) is 38.0. The number of rotatable bonds is 4. The fraction of sp³-hybridized carbons (Fsp3) is 0.213. The van der Waals surface area contributed by atoms with E-state index in [1.165, 1.54) is 106 Å². The maximum Gasteiger partial charge on any atom is 0.0567 e. The molecule has 0 aliphatic heterocycles. The smallest absolute Gasteiger partial charge is 0.0567 e. The van der Waals surface area contributed by atoms with Crippen LogP contribution < -0.4 is 0 Å². The van der Waals surface area contributed by atoms with E-state index in [1.807, 2.05) is 0 Å². The van der Waals surface area contributed by atoms with Gasteiger partial charge in [0.2, 0.25) is 0 Å². The monoisotopic (exact) mass is 844 g/mol. The van der Waals surface area contributed by atoms with Crippen molar-refractivity contribution >= 4 is 46.6 Å². The number of thiol groups is 1. The minimum absolute atomic E-state index is 0.0563. The number of benzene rings is 6. The van der Waals surface area contributed by atoms with Crippen LogP contribution in [0.2, 0.25) is 0 Å². The summed E-state index contributed by atoms with van der Waals surface area (Å²) in [6, 6.07) is 52.4. The van der Waals surface area contributed by atoms with Crippen molar-refractivity contribution in [2.45, 2.75) is 70.1 Å². The fourth-order valence-electron chi connectivity index (χ4n) is 12.9. The molecule has 0 radical (unpaired) electrons. The molecule has 2 nitrogen and oxygen atoms in total. The zero-order chi connectivity index (χ0) is 43.1. The molecule has 3 unspecified atom stereocenters. The molecule has 8 aromatic rings. The Kier molecular flexibility index (Phi) is 8.27. The van der Waals surface area contributed by atoms with Gasteiger partial charge in [-0.1, -0.05) is 155 Å². The van der Waals surface area contributed by atoms with E-state index < -0.39 is 0 Å². The summed E-state index contributed by atoms with van der Waals surface area (Å²) in [5, 5.41) is 2.93. The molecule has 312 valence electrons. The Hall–Kier alpha value is -6.29. The van der Waals surface area contributed by atoms with Gasteiger partial charge in [-0.15, -0.1) is 0 Å². The van der Waals surface area contributed by atoms with Crippen molar-refractivity contribution in [3.63, 3.8) is 0 Å². The van der Waals surface area contributed by atoms with E-state index in [0.29, 0.717) is 5.92 Å². The Morgan fingerprint density at radius 1 is 0.594 bits per heavy atom. The van der Waals surface area contributed by atoms with Crippen molar-refractivity contribution in [3.05, 3.63) is 208 Å². The third-order valence-corrected chi connectivity index (χ3v) is 16.4. The van der Waals surface area contributed by atoms with Gasteiger partial charge in [0, 0.05) is 55.4 Å². The normalized spacial score (nSPS) is 21.0. The highest BCUT2D eigenvalue weighted by Crippen LogP contribution is 2.58. The van der Waals surface area contributed by atoms with E-state index in [1.54, 1.807) is 5.57 Å². The molecule has 0 saturated heterocycles. The van der Waals surface area contributed by atoms with Gasteiger partial charge in [0.1, 0.15) is 0 Å². The van der Waals surface area contributed by atoms with E-state index in [9.17, 15) is 0 Å². The highest BCUT2D eigenvalue weighted by Gasteiger charge is 2.47. The van der Waals surface area contributed by atoms with Crippen molar-refractivity contribution in [3.8, 4) is 39.1 Å². The van der Waals surface area contributed by atoms with E-state index in [2.05, 4.69) is 207 Å². The first-order valence-corrected chi connectivity index (χ1v) is 23.9. The number of nitrogens with zero attached hydrogens (tertiary/aromatic N) is 2. The molecule has 13 rings (SSSR count). The fourth-order valence-corrected chi connectivity index (χ4v) is 13.5. The highest BCUT2D eigenvalue weighted by atomic mass is 32.1. The largest absolute Gasteiger partial charge is 0.333 e. The Labute approximate surface area is 382 Å². The van der Waals surface area contributed by atoms with Gasteiger partial charge >= 0.3 is 0 Å². The Morgan fingerprint density at radius 2 is 1.28 bits per heavy atom. The van der Waals surface area contributed by atoms with Gasteiger partial charge in [-0.25, -0.2) is 0 Å². The molecule has 64 heavy (non-hydrogen) atoms. The number of hydrogen-bond donors (Lipinski definition) is 1. The van der Waals surface area contributed by atoms with Crippen LogP contribution in [0.25, 0.3) is 73.0 Å². The van der Waals surface area contributed by atoms with Crippen LogP contribution in [-0.2, 0) is 18.3 Å². The topological polar surface area (TPSA) is 9.86 Å². The summed E-state index contributed by atoms with van der Waals surface area (Å²) in [7, 11) is 0. The molecular weight excluding hydrogens is 793 g/mol.